The second-order valence-corrected chi connectivity index (χ2v) is 9.28. The molecule has 1 amide bonds. The van der Waals surface area contributed by atoms with Crippen LogP contribution in [0.3, 0.4) is 0 Å². The monoisotopic (exact) mass is 418 g/mol. The Morgan fingerprint density at radius 1 is 1.46 bits per heavy atom. The van der Waals surface area contributed by atoms with E-state index in [1.165, 1.54) is 28.0 Å². The lowest BCUT2D eigenvalue weighted by molar-refractivity contribution is -0.671. The first-order valence-corrected chi connectivity index (χ1v) is 10.6. The molecule has 2 aromatic heterocycles. The van der Waals surface area contributed by atoms with Crippen molar-refractivity contribution in [2.75, 3.05) is 0 Å². The van der Waals surface area contributed by atoms with Crippen molar-refractivity contribution < 1.29 is 24.4 Å². The van der Waals surface area contributed by atoms with Crippen LogP contribution in [0, 0.1) is 11.8 Å². The van der Waals surface area contributed by atoms with Crippen LogP contribution in [0.15, 0.2) is 44.8 Å². The Hall–Kier alpha value is -2.23. The molecule has 0 aromatic carbocycles. The number of rotatable bonds is 5. The van der Waals surface area contributed by atoms with Gasteiger partial charge < -0.3 is 15.1 Å². The largest absolute Gasteiger partial charge is 0.477 e. The molecule has 2 aliphatic rings. The molecule has 2 aromatic rings. The molecular formula is C19H20N3O4S2+. The molecule has 7 nitrogen and oxygen atoms in total. The van der Waals surface area contributed by atoms with Gasteiger partial charge in [-0.3, -0.25) is 4.79 Å². The lowest BCUT2D eigenvalue weighted by Crippen LogP contribution is -2.63. The van der Waals surface area contributed by atoms with Crippen molar-refractivity contribution in [3.05, 3.63) is 40.5 Å². The fourth-order valence-corrected chi connectivity index (χ4v) is 6.03. The Labute approximate surface area is 170 Å². The van der Waals surface area contributed by atoms with Gasteiger partial charge >= 0.3 is 5.97 Å². The van der Waals surface area contributed by atoms with Gasteiger partial charge in [0.2, 0.25) is 5.91 Å². The van der Waals surface area contributed by atoms with Crippen molar-refractivity contribution in [2.24, 2.45) is 18.9 Å². The highest BCUT2D eigenvalue weighted by molar-refractivity contribution is 8.04. The number of aliphatic hydroxyl groups is 1. The van der Waals surface area contributed by atoms with Gasteiger partial charge in [0, 0.05) is 22.3 Å². The zero-order valence-electron chi connectivity index (χ0n) is 15.6. The lowest BCUT2D eigenvalue weighted by atomic mass is 9.79. The van der Waals surface area contributed by atoms with Gasteiger partial charge in [-0.1, -0.05) is 18.7 Å². The van der Waals surface area contributed by atoms with Crippen molar-refractivity contribution in [1.29, 1.82) is 0 Å². The summed E-state index contributed by atoms with van der Waals surface area (Å²) in [5.41, 5.74) is 1.83. The van der Waals surface area contributed by atoms with Crippen LogP contribution in [-0.4, -0.2) is 44.1 Å². The molecule has 9 heteroatoms. The van der Waals surface area contributed by atoms with Gasteiger partial charge in [-0.25, -0.2) is 14.3 Å². The van der Waals surface area contributed by atoms with Crippen LogP contribution in [0.1, 0.15) is 13.8 Å². The Bertz CT molecular complexity index is 1000. The van der Waals surface area contributed by atoms with Crippen LogP contribution >= 0.6 is 23.1 Å². The summed E-state index contributed by atoms with van der Waals surface area (Å²) >= 11 is 2.75. The Morgan fingerprint density at radius 2 is 2.21 bits per heavy atom. The Kier molecular flexibility index (Phi) is 4.76. The minimum absolute atomic E-state index is 0.0206. The number of hydrogen-bond donors (Lipinski definition) is 2. The van der Waals surface area contributed by atoms with Gasteiger partial charge in [-0.15, -0.1) is 11.3 Å². The average Bonchev–Trinajstić information content (AvgIpc) is 3.18. The molecule has 0 aliphatic carbocycles. The van der Waals surface area contributed by atoms with E-state index in [0.717, 1.165) is 15.6 Å². The van der Waals surface area contributed by atoms with Crippen LogP contribution < -0.4 is 4.57 Å². The maximum absolute atomic E-state index is 12.4. The summed E-state index contributed by atoms with van der Waals surface area (Å²) in [7, 11) is 1.94. The van der Waals surface area contributed by atoms with Crippen molar-refractivity contribution in [2.45, 2.75) is 30.3 Å². The molecule has 4 heterocycles. The number of carboxylic acid groups (broad SMARTS) is 1. The molecule has 4 rings (SSSR count). The second kappa shape index (κ2) is 6.98. The Balaban J connectivity index is 1.64. The van der Waals surface area contributed by atoms with Crippen molar-refractivity contribution >= 4 is 35.0 Å². The van der Waals surface area contributed by atoms with E-state index in [-0.39, 0.29) is 23.6 Å². The molecule has 2 N–H and O–H groups in total. The first-order valence-electron chi connectivity index (χ1n) is 8.87. The van der Waals surface area contributed by atoms with Crippen LogP contribution in [0.5, 0.6) is 0 Å². The van der Waals surface area contributed by atoms with Crippen LogP contribution in [-0.2, 0) is 16.6 Å². The van der Waals surface area contributed by atoms with E-state index in [4.69, 9.17) is 0 Å². The van der Waals surface area contributed by atoms with Crippen molar-refractivity contribution in [3.63, 3.8) is 0 Å². The predicted molar refractivity (Wildman–Crippen MR) is 104 cm³/mol. The third kappa shape index (κ3) is 2.94. The van der Waals surface area contributed by atoms with Gasteiger partial charge in [-0.2, -0.15) is 0 Å². The highest BCUT2D eigenvalue weighted by Crippen LogP contribution is 2.52. The average molecular weight is 419 g/mol. The molecule has 2 aliphatic heterocycles. The van der Waals surface area contributed by atoms with Crippen LogP contribution in [0.2, 0.25) is 0 Å². The quantitative estimate of drug-likeness (QED) is 0.569. The molecule has 28 heavy (non-hydrogen) atoms. The molecule has 146 valence electrons. The van der Waals surface area contributed by atoms with Gasteiger partial charge in [-0.05, 0) is 13.0 Å². The van der Waals surface area contributed by atoms with Gasteiger partial charge in [0.25, 0.3) is 0 Å². The number of carbonyl (C=O) groups excluding carboxylic acids is 1. The number of aliphatic carboxylic acids is 1. The smallest absolute Gasteiger partial charge is 0.353 e. The maximum atomic E-state index is 12.4. The number of carboxylic acids is 1. The zero-order chi connectivity index (χ0) is 20.2. The van der Waals surface area contributed by atoms with E-state index in [1.807, 2.05) is 48.4 Å². The van der Waals surface area contributed by atoms with E-state index in [9.17, 15) is 19.8 Å². The summed E-state index contributed by atoms with van der Waals surface area (Å²) < 4.78 is 2.67. The summed E-state index contributed by atoms with van der Waals surface area (Å²) in [6, 6.07) is 3.61. The predicted octanol–water partition coefficient (Wildman–Crippen LogP) is 1.88. The number of nitrogens with zero attached hydrogens (tertiary/aromatic N) is 3. The Morgan fingerprint density at radius 3 is 2.86 bits per heavy atom. The van der Waals surface area contributed by atoms with E-state index < -0.39 is 18.0 Å². The number of fused-ring (bicyclic) bond motifs is 1. The normalized spacial score (nSPS) is 24.9. The molecule has 0 saturated carbocycles. The topological polar surface area (TPSA) is 94.6 Å². The first-order chi connectivity index (χ1) is 13.3. The minimum Gasteiger partial charge on any atom is -0.477 e. The zero-order valence-corrected chi connectivity index (χ0v) is 17.2. The molecule has 1 saturated heterocycles. The van der Waals surface area contributed by atoms with E-state index >= 15 is 0 Å². The van der Waals surface area contributed by atoms with E-state index in [1.54, 1.807) is 6.92 Å². The SMILES string of the molecule is CC(O)C1C(=O)N2C(C(=O)O)=C(Sc3nc(-c4ccc[n+](C)c4)cs3)C(C)C12. The number of amides is 1. The van der Waals surface area contributed by atoms with Gasteiger partial charge in [0.1, 0.15) is 12.7 Å². The standard InChI is InChI=1S/C19H19N3O4S2/c1-9-14-13(10(2)23)17(24)22(14)15(18(25)26)16(9)28-19-20-12(8-27-19)11-5-4-6-21(3)7-11/h4-10,13-14,23H,1-3H3/p+1. The molecule has 0 radical (unpaired) electrons. The molecule has 0 spiro atoms. The molecule has 1 fully saturated rings. The van der Waals surface area contributed by atoms with Crippen molar-refractivity contribution in [1.82, 2.24) is 9.88 Å². The minimum atomic E-state index is -1.12. The number of hydrogen-bond acceptors (Lipinski definition) is 6. The summed E-state index contributed by atoms with van der Waals surface area (Å²) in [6.07, 6.45) is 3.11. The van der Waals surface area contributed by atoms with E-state index in [2.05, 4.69) is 4.98 Å². The summed E-state index contributed by atoms with van der Waals surface area (Å²) in [5.74, 6) is -2.17. The number of thioether (sulfide) groups is 1. The number of carbonyl (C=O) groups is 2. The number of aromatic nitrogens is 2. The number of aliphatic hydroxyl groups excluding tert-OH is 1. The van der Waals surface area contributed by atoms with Gasteiger partial charge in [0.05, 0.1) is 29.3 Å². The highest BCUT2D eigenvalue weighted by atomic mass is 32.2. The second-order valence-electron chi connectivity index (χ2n) is 7.13. The highest BCUT2D eigenvalue weighted by Gasteiger charge is 2.60. The fraction of sp³-hybridized carbons (Fsp3) is 0.368. The van der Waals surface area contributed by atoms with Crippen LogP contribution in [0.4, 0.5) is 0 Å². The third-order valence-electron chi connectivity index (χ3n) is 5.23. The summed E-state index contributed by atoms with van der Waals surface area (Å²) in [5, 5.41) is 21.6. The number of β-lactam (4-membered cyclic amide) rings is 1. The first kappa shape index (κ1) is 19.1. The van der Waals surface area contributed by atoms with Gasteiger partial charge in [0.15, 0.2) is 16.7 Å². The lowest BCUT2D eigenvalue weighted by Gasteiger charge is -2.46. The summed E-state index contributed by atoms with van der Waals surface area (Å²) in [4.78, 5) is 30.9. The molecule has 0 bridgehead atoms. The number of pyridine rings is 1. The molecule has 4 unspecified atom stereocenters. The fourth-order valence-electron chi connectivity index (χ4n) is 3.93. The number of thiazole rings is 1. The van der Waals surface area contributed by atoms with Crippen LogP contribution in [0.25, 0.3) is 11.3 Å². The maximum Gasteiger partial charge on any atom is 0.353 e. The molecular weight excluding hydrogens is 398 g/mol. The molecule has 4 atom stereocenters. The van der Waals surface area contributed by atoms with E-state index in [0.29, 0.717) is 4.91 Å². The number of aryl methyl sites for hydroxylation is 1. The third-order valence-corrected chi connectivity index (χ3v) is 7.45. The van der Waals surface area contributed by atoms with Crippen molar-refractivity contribution in [3.8, 4) is 11.3 Å². The summed E-state index contributed by atoms with van der Waals surface area (Å²) in [6.45, 7) is 3.48.